The zero-order chi connectivity index (χ0) is 40.8. The average molecular weight is 790 g/mol. The Morgan fingerprint density at radius 3 is 1.27 bits per heavy atom. The number of amides is 1. The highest BCUT2D eigenvalue weighted by Crippen LogP contribution is 2.15. The molecule has 0 aliphatic heterocycles. The number of ether oxygens (including phenoxy) is 1. The quantitative estimate of drug-likeness (QED) is 0.0324. The van der Waals surface area contributed by atoms with E-state index < -0.39 is 12.1 Å². The highest BCUT2D eigenvalue weighted by molar-refractivity contribution is 5.76. The van der Waals surface area contributed by atoms with Crippen molar-refractivity contribution >= 4 is 11.9 Å². The van der Waals surface area contributed by atoms with Crippen LogP contribution in [0.3, 0.4) is 0 Å². The van der Waals surface area contributed by atoms with Gasteiger partial charge in [0, 0.05) is 12.8 Å². The van der Waals surface area contributed by atoms with Crippen molar-refractivity contribution in [1.82, 2.24) is 5.32 Å². The van der Waals surface area contributed by atoms with Gasteiger partial charge < -0.3 is 20.3 Å². The Morgan fingerprint density at radius 2 is 0.839 bits per heavy atom. The fraction of sp³-hybridized carbons (Fsp3) is 0.880. The van der Waals surface area contributed by atoms with Crippen LogP contribution in [0.5, 0.6) is 0 Å². The lowest BCUT2D eigenvalue weighted by molar-refractivity contribution is -0.143. The van der Waals surface area contributed by atoms with Crippen molar-refractivity contribution < 1.29 is 24.5 Å². The molecule has 6 heteroatoms. The first kappa shape index (κ1) is 54.3. The number of aliphatic hydroxyl groups excluding tert-OH is 2. The zero-order valence-electron chi connectivity index (χ0n) is 37.4. The molecule has 0 bridgehead atoms. The molecule has 2 unspecified atom stereocenters. The molecule has 0 aromatic carbocycles. The number of allylic oxidation sites excluding steroid dienone is 3. The van der Waals surface area contributed by atoms with Crippen LogP contribution in [0, 0.1) is 0 Å². The smallest absolute Gasteiger partial charge is 0.305 e. The molecule has 3 N–H and O–H groups in total. The van der Waals surface area contributed by atoms with Gasteiger partial charge in [-0.1, -0.05) is 212 Å². The van der Waals surface area contributed by atoms with E-state index in [-0.39, 0.29) is 18.5 Å². The van der Waals surface area contributed by atoms with Gasteiger partial charge in [-0.05, 0) is 57.8 Å². The van der Waals surface area contributed by atoms with Gasteiger partial charge >= 0.3 is 5.97 Å². The number of rotatable bonds is 45. The van der Waals surface area contributed by atoms with E-state index in [1.807, 2.05) is 6.08 Å². The Labute approximate surface area is 348 Å². The van der Waals surface area contributed by atoms with E-state index in [0.29, 0.717) is 19.4 Å². The first-order valence-electron chi connectivity index (χ1n) is 24.6. The van der Waals surface area contributed by atoms with Crippen LogP contribution in [0.25, 0.3) is 0 Å². The molecule has 0 rings (SSSR count). The Kier molecular flexibility index (Phi) is 44.7. The molecule has 0 fully saturated rings. The van der Waals surface area contributed by atoms with E-state index in [4.69, 9.17) is 4.74 Å². The molecule has 0 heterocycles. The number of carbonyl (C=O) groups excluding carboxylic acids is 2. The monoisotopic (exact) mass is 790 g/mol. The van der Waals surface area contributed by atoms with Gasteiger partial charge in [0.1, 0.15) is 0 Å². The fourth-order valence-corrected chi connectivity index (χ4v) is 7.39. The zero-order valence-corrected chi connectivity index (χ0v) is 37.4. The minimum Gasteiger partial charge on any atom is -0.466 e. The number of hydrogen-bond donors (Lipinski definition) is 3. The summed E-state index contributed by atoms with van der Waals surface area (Å²) in [5.74, 6) is -0.112. The summed E-state index contributed by atoms with van der Waals surface area (Å²) < 4.78 is 5.45. The van der Waals surface area contributed by atoms with Crippen LogP contribution in [-0.4, -0.2) is 47.4 Å². The predicted molar refractivity (Wildman–Crippen MR) is 241 cm³/mol. The molecule has 0 spiro atoms. The van der Waals surface area contributed by atoms with Crippen molar-refractivity contribution in [1.29, 1.82) is 0 Å². The van der Waals surface area contributed by atoms with Gasteiger partial charge in [0.25, 0.3) is 0 Å². The number of unbranched alkanes of at least 4 members (excludes halogenated alkanes) is 32. The molecule has 2 atom stereocenters. The molecule has 1 amide bonds. The van der Waals surface area contributed by atoms with Crippen LogP contribution in [0.1, 0.15) is 258 Å². The molecule has 0 aromatic heterocycles. The summed E-state index contributed by atoms with van der Waals surface area (Å²) in [7, 11) is 0. The maximum Gasteiger partial charge on any atom is 0.305 e. The van der Waals surface area contributed by atoms with Crippen LogP contribution in [-0.2, 0) is 14.3 Å². The number of esters is 1. The van der Waals surface area contributed by atoms with Crippen LogP contribution >= 0.6 is 0 Å². The number of carbonyl (C=O) groups is 2. The van der Waals surface area contributed by atoms with Crippen molar-refractivity contribution in [3.05, 3.63) is 24.3 Å². The number of nitrogens with one attached hydrogen (secondary N) is 1. The van der Waals surface area contributed by atoms with Gasteiger partial charge in [0.05, 0.1) is 25.4 Å². The maximum atomic E-state index is 12.4. The topological polar surface area (TPSA) is 95.9 Å². The Morgan fingerprint density at radius 1 is 0.482 bits per heavy atom. The molecule has 0 saturated carbocycles. The summed E-state index contributed by atoms with van der Waals surface area (Å²) in [5.41, 5.74) is 0. The summed E-state index contributed by atoms with van der Waals surface area (Å²) in [4.78, 5) is 24.4. The van der Waals surface area contributed by atoms with Gasteiger partial charge in [0.15, 0.2) is 0 Å². The van der Waals surface area contributed by atoms with E-state index in [1.165, 1.54) is 173 Å². The summed E-state index contributed by atoms with van der Waals surface area (Å²) in [6, 6.07) is -0.641. The summed E-state index contributed by atoms with van der Waals surface area (Å²) in [6.07, 6.45) is 53.1. The third-order valence-electron chi connectivity index (χ3n) is 11.2. The average Bonchev–Trinajstić information content (AvgIpc) is 3.20. The van der Waals surface area contributed by atoms with Gasteiger partial charge in [-0.15, -0.1) is 0 Å². The van der Waals surface area contributed by atoms with Crippen LogP contribution in [0.2, 0.25) is 0 Å². The Bertz CT molecular complexity index is 874. The van der Waals surface area contributed by atoms with E-state index in [2.05, 4.69) is 31.3 Å². The molecule has 0 aliphatic carbocycles. The lowest BCUT2D eigenvalue weighted by Gasteiger charge is -2.20. The van der Waals surface area contributed by atoms with E-state index in [9.17, 15) is 19.8 Å². The van der Waals surface area contributed by atoms with Crippen LogP contribution in [0.15, 0.2) is 24.3 Å². The maximum absolute atomic E-state index is 12.4. The van der Waals surface area contributed by atoms with Crippen molar-refractivity contribution in [3.63, 3.8) is 0 Å². The molecule has 0 saturated heterocycles. The lowest BCUT2D eigenvalue weighted by Crippen LogP contribution is -2.45. The fourth-order valence-electron chi connectivity index (χ4n) is 7.39. The molecular formula is C50H95NO5. The Hall–Kier alpha value is -1.66. The first-order valence-corrected chi connectivity index (χ1v) is 24.6. The largest absolute Gasteiger partial charge is 0.466 e. The summed E-state index contributed by atoms with van der Waals surface area (Å²) in [6.45, 7) is 4.84. The number of aliphatic hydroxyl groups is 2. The molecule has 0 aliphatic rings. The highest BCUT2D eigenvalue weighted by Gasteiger charge is 2.18. The molecule has 330 valence electrons. The van der Waals surface area contributed by atoms with E-state index in [0.717, 1.165) is 57.8 Å². The molecule has 0 radical (unpaired) electrons. The summed E-state index contributed by atoms with van der Waals surface area (Å²) >= 11 is 0. The van der Waals surface area contributed by atoms with Gasteiger partial charge in [0.2, 0.25) is 5.91 Å². The van der Waals surface area contributed by atoms with Gasteiger partial charge in [-0.25, -0.2) is 0 Å². The molecule has 56 heavy (non-hydrogen) atoms. The highest BCUT2D eigenvalue weighted by atomic mass is 16.5. The van der Waals surface area contributed by atoms with Crippen LogP contribution < -0.4 is 5.32 Å². The van der Waals surface area contributed by atoms with E-state index >= 15 is 0 Å². The molecule has 0 aromatic rings. The van der Waals surface area contributed by atoms with Crippen molar-refractivity contribution in [2.24, 2.45) is 0 Å². The minimum atomic E-state index is -0.855. The van der Waals surface area contributed by atoms with Crippen LogP contribution in [0.4, 0.5) is 0 Å². The predicted octanol–water partition coefficient (Wildman–Crippen LogP) is 14.3. The van der Waals surface area contributed by atoms with Gasteiger partial charge in [-0.2, -0.15) is 0 Å². The van der Waals surface area contributed by atoms with Crippen molar-refractivity contribution in [2.75, 3.05) is 13.2 Å². The van der Waals surface area contributed by atoms with Crippen molar-refractivity contribution in [2.45, 2.75) is 270 Å². The second-order valence-corrected chi connectivity index (χ2v) is 16.8. The SMILES string of the molecule is CCCCCCCC/C=C\CCCCCCCC(=O)OCCCCCCCCCCCCCC(=O)NC(CO)C(O)/C=C/CCCCCCCCCCCCC. The standard InChI is InChI=1S/C50H95NO5/c1-3-5-7-9-11-13-15-17-18-20-24-28-32-36-40-44-50(55)56-45-41-37-33-29-25-21-23-27-31-35-39-43-49(54)51-47(46-52)48(53)42-38-34-30-26-22-19-16-14-12-10-8-6-4-2/h17-18,38,42,47-48,52-53H,3-16,19-37,39-41,43-46H2,1-2H3,(H,51,54)/b18-17-,42-38+. The molecule has 6 nitrogen and oxygen atoms in total. The lowest BCUT2D eigenvalue weighted by atomic mass is 10.0. The minimum absolute atomic E-state index is 0.0239. The Balaban J connectivity index is 3.51. The third-order valence-corrected chi connectivity index (χ3v) is 11.2. The molecular weight excluding hydrogens is 695 g/mol. The normalized spacial score (nSPS) is 12.9. The second kappa shape index (κ2) is 46.0. The van der Waals surface area contributed by atoms with Crippen molar-refractivity contribution in [3.8, 4) is 0 Å². The second-order valence-electron chi connectivity index (χ2n) is 16.8. The number of hydrogen-bond acceptors (Lipinski definition) is 5. The third kappa shape index (κ3) is 42.0. The first-order chi connectivity index (χ1) is 27.5. The van der Waals surface area contributed by atoms with E-state index in [1.54, 1.807) is 6.08 Å². The van der Waals surface area contributed by atoms with Gasteiger partial charge in [-0.3, -0.25) is 9.59 Å². The summed E-state index contributed by atoms with van der Waals surface area (Å²) in [5, 5.41) is 23.0.